The molecule has 0 unspecified atom stereocenters. The molecule has 4 atom stereocenters. The Hall–Kier alpha value is -1.74. The molecule has 4 aliphatic rings. The molecule has 0 N–H and O–H groups in total. The van der Waals surface area contributed by atoms with Crippen LogP contribution < -0.4 is 0 Å². The highest BCUT2D eigenvalue weighted by molar-refractivity contribution is 6.26. The molecular weight excluding hydrogens is 228 g/mol. The smallest absolute Gasteiger partial charge is 0.199 e. The number of hydrogen-bond acceptors (Lipinski definition) is 3. The molecule has 88 valence electrons. The molecule has 0 aromatic heterocycles. The SMILES string of the molecule is O=C1c2ccccc2C(=O)[C@@]23O[C@]12[C@H]1C=C[C@H]3C1. The van der Waals surface area contributed by atoms with E-state index in [0.29, 0.717) is 11.1 Å². The molecule has 1 saturated carbocycles. The van der Waals surface area contributed by atoms with Crippen LogP contribution in [0.15, 0.2) is 36.4 Å². The number of benzene rings is 1. The molecule has 1 aromatic carbocycles. The fraction of sp³-hybridized carbons (Fsp3) is 0.333. The van der Waals surface area contributed by atoms with Crippen LogP contribution >= 0.6 is 0 Å². The van der Waals surface area contributed by atoms with E-state index in [-0.39, 0.29) is 23.4 Å². The normalized spacial score (nSPS) is 45.8. The molecule has 1 heterocycles. The van der Waals surface area contributed by atoms with Crippen molar-refractivity contribution in [2.45, 2.75) is 17.6 Å². The Labute approximate surface area is 103 Å². The van der Waals surface area contributed by atoms with Crippen LogP contribution in [0.4, 0.5) is 0 Å². The molecule has 1 saturated heterocycles. The zero-order valence-electron chi connectivity index (χ0n) is 9.55. The molecule has 2 bridgehead atoms. The van der Waals surface area contributed by atoms with E-state index in [1.165, 1.54) is 0 Å². The van der Waals surface area contributed by atoms with Gasteiger partial charge in [0.25, 0.3) is 0 Å². The molecule has 18 heavy (non-hydrogen) atoms. The van der Waals surface area contributed by atoms with Gasteiger partial charge in [-0.05, 0) is 6.42 Å². The predicted octanol–water partition coefficient (Wildman–Crippen LogP) is 1.78. The first-order valence-corrected chi connectivity index (χ1v) is 6.29. The van der Waals surface area contributed by atoms with Gasteiger partial charge in [0.1, 0.15) is 0 Å². The third kappa shape index (κ3) is 0.627. The standard InChI is InChI=1S/C15H10O3/c16-12-10-3-1-2-4-11(10)13(17)15-9-6-5-8(7-9)14(12,15)18-15/h1-6,8-9H,7H2/t8-,9-,14+,15+/m0/s1. The maximum absolute atomic E-state index is 12.7. The van der Waals surface area contributed by atoms with Gasteiger partial charge in [-0.15, -0.1) is 0 Å². The number of ketones is 2. The van der Waals surface area contributed by atoms with E-state index in [0.717, 1.165) is 6.42 Å². The Kier molecular flexibility index (Phi) is 1.21. The van der Waals surface area contributed by atoms with Gasteiger partial charge < -0.3 is 4.74 Å². The van der Waals surface area contributed by atoms with Crippen molar-refractivity contribution in [2.75, 3.05) is 0 Å². The lowest BCUT2D eigenvalue weighted by Crippen LogP contribution is -2.47. The highest BCUT2D eigenvalue weighted by Crippen LogP contribution is 2.72. The summed E-state index contributed by atoms with van der Waals surface area (Å²) in [5.41, 5.74) is -0.622. The maximum Gasteiger partial charge on any atom is 0.199 e. The number of carbonyl (C=O) groups excluding carboxylic acids is 2. The first-order chi connectivity index (χ1) is 8.72. The Morgan fingerprint density at radius 1 is 0.944 bits per heavy atom. The minimum atomic E-state index is -0.849. The summed E-state index contributed by atoms with van der Waals surface area (Å²) < 4.78 is 5.82. The van der Waals surface area contributed by atoms with Crippen LogP contribution in [0.25, 0.3) is 0 Å². The van der Waals surface area contributed by atoms with Crippen LogP contribution in [0.3, 0.4) is 0 Å². The Morgan fingerprint density at radius 2 is 1.44 bits per heavy atom. The van der Waals surface area contributed by atoms with Gasteiger partial charge in [0.05, 0.1) is 0 Å². The molecular formula is C15H10O3. The Morgan fingerprint density at radius 3 is 1.94 bits per heavy atom. The van der Waals surface area contributed by atoms with Crippen LogP contribution in [-0.2, 0) is 4.74 Å². The van der Waals surface area contributed by atoms with Crippen molar-refractivity contribution in [1.82, 2.24) is 0 Å². The molecule has 0 spiro atoms. The summed E-state index contributed by atoms with van der Waals surface area (Å²) >= 11 is 0. The van der Waals surface area contributed by atoms with E-state index in [1.54, 1.807) is 24.3 Å². The largest absolute Gasteiger partial charge is 0.344 e. The lowest BCUT2D eigenvalue weighted by Gasteiger charge is -2.25. The number of carbonyl (C=O) groups is 2. The monoisotopic (exact) mass is 238 g/mol. The quantitative estimate of drug-likeness (QED) is 0.511. The summed E-state index contributed by atoms with van der Waals surface area (Å²) in [6, 6.07) is 7.09. The number of ether oxygens (including phenoxy) is 1. The Bertz CT molecular complexity index is 619. The van der Waals surface area contributed by atoms with Crippen LogP contribution in [0.5, 0.6) is 0 Å². The third-order valence-corrected chi connectivity index (χ3v) is 5.05. The van der Waals surface area contributed by atoms with Gasteiger partial charge in [-0.1, -0.05) is 36.4 Å². The van der Waals surface area contributed by atoms with E-state index in [9.17, 15) is 9.59 Å². The van der Waals surface area contributed by atoms with Crippen molar-refractivity contribution in [3.63, 3.8) is 0 Å². The molecule has 3 aliphatic carbocycles. The number of fused-ring (bicyclic) bond motifs is 3. The van der Waals surface area contributed by atoms with Crippen molar-refractivity contribution >= 4 is 11.6 Å². The molecule has 2 fully saturated rings. The van der Waals surface area contributed by atoms with Crippen molar-refractivity contribution < 1.29 is 14.3 Å². The van der Waals surface area contributed by atoms with Gasteiger partial charge in [-0.2, -0.15) is 0 Å². The maximum atomic E-state index is 12.7. The van der Waals surface area contributed by atoms with Gasteiger partial charge in [-0.3, -0.25) is 9.59 Å². The summed E-state index contributed by atoms with van der Waals surface area (Å²) in [6.45, 7) is 0. The molecule has 0 radical (unpaired) electrons. The summed E-state index contributed by atoms with van der Waals surface area (Å²) in [5, 5.41) is 0. The zero-order chi connectivity index (χ0) is 12.1. The average molecular weight is 238 g/mol. The van der Waals surface area contributed by atoms with Crippen LogP contribution in [0.2, 0.25) is 0 Å². The molecule has 5 rings (SSSR count). The zero-order valence-corrected chi connectivity index (χ0v) is 9.55. The summed E-state index contributed by atoms with van der Waals surface area (Å²) in [4.78, 5) is 25.4. The fourth-order valence-corrected chi connectivity index (χ4v) is 4.28. The minimum Gasteiger partial charge on any atom is -0.344 e. The molecule has 1 aliphatic heterocycles. The predicted molar refractivity (Wildman–Crippen MR) is 62.4 cm³/mol. The van der Waals surface area contributed by atoms with Gasteiger partial charge in [-0.25, -0.2) is 0 Å². The molecule has 0 amide bonds. The van der Waals surface area contributed by atoms with Crippen LogP contribution in [0, 0.1) is 11.8 Å². The number of Topliss-reactive ketones (excluding diaryl/α,β-unsaturated/α-hetero) is 2. The summed E-state index contributed by atoms with van der Waals surface area (Å²) in [5.74, 6) is 0.198. The second-order valence-electron chi connectivity index (χ2n) is 5.61. The van der Waals surface area contributed by atoms with Crippen molar-refractivity contribution in [2.24, 2.45) is 11.8 Å². The minimum absolute atomic E-state index is 0.00884. The van der Waals surface area contributed by atoms with E-state index in [4.69, 9.17) is 4.74 Å². The number of epoxide rings is 1. The second kappa shape index (κ2) is 2.36. The van der Waals surface area contributed by atoms with Gasteiger partial charge >= 0.3 is 0 Å². The van der Waals surface area contributed by atoms with Crippen molar-refractivity contribution in [3.8, 4) is 0 Å². The second-order valence-corrected chi connectivity index (χ2v) is 5.61. The van der Waals surface area contributed by atoms with Gasteiger partial charge in [0.15, 0.2) is 22.8 Å². The van der Waals surface area contributed by atoms with Gasteiger partial charge in [0.2, 0.25) is 0 Å². The topological polar surface area (TPSA) is 46.7 Å². The average Bonchev–Trinajstić information content (AvgIpc) is 2.82. The lowest BCUT2D eigenvalue weighted by atomic mass is 9.69. The van der Waals surface area contributed by atoms with Crippen molar-refractivity contribution in [1.29, 1.82) is 0 Å². The van der Waals surface area contributed by atoms with E-state index < -0.39 is 11.2 Å². The highest BCUT2D eigenvalue weighted by atomic mass is 16.6. The molecule has 3 heteroatoms. The first kappa shape index (κ1) is 9.22. The fourth-order valence-electron chi connectivity index (χ4n) is 4.28. The number of rotatable bonds is 0. The highest BCUT2D eigenvalue weighted by Gasteiger charge is 2.89. The Balaban J connectivity index is 1.86. The first-order valence-electron chi connectivity index (χ1n) is 6.29. The van der Waals surface area contributed by atoms with Crippen LogP contribution in [0.1, 0.15) is 27.1 Å². The van der Waals surface area contributed by atoms with E-state index in [1.807, 2.05) is 0 Å². The molecule has 3 nitrogen and oxygen atoms in total. The molecule has 1 aromatic rings. The van der Waals surface area contributed by atoms with Crippen LogP contribution in [-0.4, -0.2) is 22.8 Å². The van der Waals surface area contributed by atoms with Gasteiger partial charge in [0, 0.05) is 23.0 Å². The third-order valence-electron chi connectivity index (χ3n) is 5.05. The lowest BCUT2D eigenvalue weighted by molar-refractivity contribution is 0.0811. The van der Waals surface area contributed by atoms with E-state index in [2.05, 4.69) is 12.2 Å². The summed E-state index contributed by atoms with van der Waals surface area (Å²) in [6.07, 6.45) is 4.98. The number of hydrogen-bond donors (Lipinski definition) is 0. The van der Waals surface area contributed by atoms with E-state index >= 15 is 0 Å². The summed E-state index contributed by atoms with van der Waals surface area (Å²) in [7, 11) is 0. The van der Waals surface area contributed by atoms with Crippen molar-refractivity contribution in [3.05, 3.63) is 47.5 Å².